The zero-order chi connectivity index (χ0) is 17.0. The van der Waals surface area contributed by atoms with Crippen LogP contribution in [0.5, 0.6) is 5.75 Å². The molecule has 1 aliphatic heterocycles. The van der Waals surface area contributed by atoms with Gasteiger partial charge in [0.2, 0.25) is 0 Å². The molecule has 7 heteroatoms. The summed E-state index contributed by atoms with van der Waals surface area (Å²) in [7, 11) is 4.10. The standard InChI is InChI=1S/C16H21NO6/c1-21-13-7-5-4-6-10(13)12-9-17(20)15(16(19)23-3)11(12)8-14(18)22-2/h4-7,11-12,15,20H,8-9H2,1-3H3/t11-,12+,15-/m0/s1. The second-order valence-electron chi connectivity index (χ2n) is 5.38. The molecule has 1 N–H and O–H groups in total. The van der Waals surface area contributed by atoms with Crippen LogP contribution in [0.3, 0.4) is 0 Å². The van der Waals surface area contributed by atoms with E-state index >= 15 is 0 Å². The molecule has 0 aromatic heterocycles. The van der Waals surface area contributed by atoms with Crippen molar-refractivity contribution >= 4 is 11.9 Å². The van der Waals surface area contributed by atoms with Gasteiger partial charge in [0.25, 0.3) is 0 Å². The Bertz CT molecular complexity index is 575. The van der Waals surface area contributed by atoms with Gasteiger partial charge < -0.3 is 19.4 Å². The van der Waals surface area contributed by atoms with Gasteiger partial charge in [-0.2, -0.15) is 5.06 Å². The van der Waals surface area contributed by atoms with E-state index in [0.29, 0.717) is 5.75 Å². The van der Waals surface area contributed by atoms with Gasteiger partial charge >= 0.3 is 11.9 Å². The molecular formula is C16H21NO6. The molecule has 0 amide bonds. The lowest BCUT2D eigenvalue weighted by Crippen LogP contribution is -2.39. The fraction of sp³-hybridized carbons (Fsp3) is 0.500. The van der Waals surface area contributed by atoms with Crippen LogP contribution in [0.15, 0.2) is 24.3 Å². The van der Waals surface area contributed by atoms with E-state index in [4.69, 9.17) is 14.2 Å². The van der Waals surface area contributed by atoms with Crippen LogP contribution in [0, 0.1) is 5.92 Å². The van der Waals surface area contributed by atoms with Crippen molar-refractivity contribution < 1.29 is 29.0 Å². The van der Waals surface area contributed by atoms with Gasteiger partial charge in [0, 0.05) is 18.4 Å². The van der Waals surface area contributed by atoms with Crippen LogP contribution in [-0.2, 0) is 19.1 Å². The zero-order valence-electron chi connectivity index (χ0n) is 13.4. The van der Waals surface area contributed by atoms with Crippen LogP contribution in [0.25, 0.3) is 0 Å². The Hall–Kier alpha value is -2.12. The quantitative estimate of drug-likeness (QED) is 0.815. The van der Waals surface area contributed by atoms with E-state index in [9.17, 15) is 14.8 Å². The number of ether oxygens (including phenoxy) is 3. The molecule has 0 bridgehead atoms. The summed E-state index contributed by atoms with van der Waals surface area (Å²) in [5, 5.41) is 11.1. The van der Waals surface area contributed by atoms with Gasteiger partial charge in [-0.25, -0.2) is 0 Å². The monoisotopic (exact) mass is 323 g/mol. The Morgan fingerprint density at radius 2 is 1.91 bits per heavy atom. The Kier molecular flexibility index (Phi) is 5.57. The number of rotatable bonds is 5. The third-order valence-electron chi connectivity index (χ3n) is 4.24. The molecule has 1 heterocycles. The summed E-state index contributed by atoms with van der Waals surface area (Å²) in [6.45, 7) is 0.196. The number of carbonyl (C=O) groups is 2. The average molecular weight is 323 g/mol. The van der Waals surface area contributed by atoms with Crippen LogP contribution < -0.4 is 4.74 Å². The Morgan fingerprint density at radius 1 is 1.22 bits per heavy atom. The molecular weight excluding hydrogens is 302 g/mol. The summed E-state index contributed by atoms with van der Waals surface area (Å²) >= 11 is 0. The van der Waals surface area contributed by atoms with Crippen molar-refractivity contribution in [3.63, 3.8) is 0 Å². The van der Waals surface area contributed by atoms with Gasteiger partial charge in [0.05, 0.1) is 27.8 Å². The first-order valence-electron chi connectivity index (χ1n) is 7.26. The zero-order valence-corrected chi connectivity index (χ0v) is 13.4. The number of nitrogens with zero attached hydrogens (tertiary/aromatic N) is 1. The molecule has 0 radical (unpaired) electrons. The molecule has 2 rings (SSSR count). The Balaban J connectivity index is 2.40. The number of esters is 2. The van der Waals surface area contributed by atoms with Crippen LogP contribution in [-0.4, -0.2) is 56.1 Å². The highest BCUT2D eigenvalue weighted by atomic mass is 16.5. The Morgan fingerprint density at radius 3 is 2.52 bits per heavy atom. The highest BCUT2D eigenvalue weighted by Gasteiger charge is 2.48. The lowest BCUT2D eigenvalue weighted by molar-refractivity contribution is -0.168. The van der Waals surface area contributed by atoms with Gasteiger partial charge in [-0.1, -0.05) is 18.2 Å². The Labute approximate surface area is 134 Å². The van der Waals surface area contributed by atoms with Crippen molar-refractivity contribution in [1.82, 2.24) is 5.06 Å². The molecule has 1 fully saturated rings. The number of hydrogen-bond donors (Lipinski definition) is 1. The van der Waals surface area contributed by atoms with Crippen LogP contribution in [0.1, 0.15) is 17.9 Å². The fourth-order valence-electron chi connectivity index (χ4n) is 3.14. The van der Waals surface area contributed by atoms with Gasteiger partial charge in [-0.3, -0.25) is 9.59 Å². The first kappa shape index (κ1) is 17.2. The third-order valence-corrected chi connectivity index (χ3v) is 4.24. The second kappa shape index (κ2) is 7.43. The molecule has 1 aliphatic rings. The van der Waals surface area contributed by atoms with Crippen LogP contribution in [0.4, 0.5) is 0 Å². The molecule has 23 heavy (non-hydrogen) atoms. The topological polar surface area (TPSA) is 85.3 Å². The number of para-hydroxylation sites is 1. The molecule has 0 aliphatic carbocycles. The van der Waals surface area contributed by atoms with E-state index in [-0.39, 0.29) is 18.9 Å². The fourth-order valence-corrected chi connectivity index (χ4v) is 3.14. The minimum Gasteiger partial charge on any atom is -0.496 e. The van der Waals surface area contributed by atoms with E-state index in [1.165, 1.54) is 14.2 Å². The van der Waals surface area contributed by atoms with Crippen molar-refractivity contribution in [3.8, 4) is 5.75 Å². The number of hydrogen-bond acceptors (Lipinski definition) is 7. The smallest absolute Gasteiger partial charge is 0.325 e. The predicted molar refractivity (Wildman–Crippen MR) is 80.2 cm³/mol. The molecule has 1 aromatic carbocycles. The maximum absolute atomic E-state index is 12.0. The summed E-state index contributed by atoms with van der Waals surface area (Å²) in [5.74, 6) is -1.13. The van der Waals surface area contributed by atoms with Crippen molar-refractivity contribution in [3.05, 3.63) is 29.8 Å². The molecule has 0 unspecified atom stereocenters. The molecule has 126 valence electrons. The highest BCUT2D eigenvalue weighted by molar-refractivity contribution is 5.78. The molecule has 1 saturated heterocycles. The van der Waals surface area contributed by atoms with Gasteiger partial charge in [-0.15, -0.1) is 0 Å². The largest absolute Gasteiger partial charge is 0.496 e. The summed E-state index contributed by atoms with van der Waals surface area (Å²) in [4.78, 5) is 23.8. The predicted octanol–water partition coefficient (Wildman–Crippen LogP) is 1.20. The summed E-state index contributed by atoms with van der Waals surface area (Å²) < 4.78 is 14.9. The maximum atomic E-state index is 12.0. The summed E-state index contributed by atoms with van der Waals surface area (Å²) in [6, 6.07) is 6.43. The maximum Gasteiger partial charge on any atom is 0.325 e. The molecule has 0 saturated carbocycles. The highest BCUT2D eigenvalue weighted by Crippen LogP contribution is 2.42. The van der Waals surface area contributed by atoms with Crippen molar-refractivity contribution in [1.29, 1.82) is 0 Å². The minimum absolute atomic E-state index is 0.00393. The normalized spacial score (nSPS) is 24.3. The van der Waals surface area contributed by atoms with Gasteiger partial charge in [-0.05, 0) is 11.6 Å². The minimum atomic E-state index is -0.922. The van der Waals surface area contributed by atoms with E-state index in [2.05, 4.69) is 0 Å². The molecule has 0 spiro atoms. The van der Waals surface area contributed by atoms with Crippen molar-refractivity contribution in [2.45, 2.75) is 18.4 Å². The second-order valence-corrected chi connectivity index (χ2v) is 5.38. The summed E-state index contributed by atoms with van der Waals surface area (Å²) in [5.41, 5.74) is 0.828. The third kappa shape index (κ3) is 3.46. The van der Waals surface area contributed by atoms with Gasteiger partial charge in [0.15, 0.2) is 0 Å². The van der Waals surface area contributed by atoms with E-state index in [1.54, 1.807) is 13.2 Å². The van der Waals surface area contributed by atoms with Crippen molar-refractivity contribution in [2.24, 2.45) is 5.92 Å². The molecule has 1 aromatic rings. The number of methoxy groups -OCH3 is 3. The van der Waals surface area contributed by atoms with Gasteiger partial charge in [0.1, 0.15) is 11.8 Å². The molecule has 7 nitrogen and oxygen atoms in total. The number of carbonyl (C=O) groups excluding carboxylic acids is 2. The lowest BCUT2D eigenvalue weighted by Gasteiger charge is -2.23. The van der Waals surface area contributed by atoms with Crippen molar-refractivity contribution in [2.75, 3.05) is 27.9 Å². The SMILES string of the molecule is COC(=O)C[C@H]1[C@@H](c2ccccc2OC)CN(O)[C@@H]1C(=O)OC. The first-order chi connectivity index (χ1) is 11.0. The van der Waals surface area contributed by atoms with E-state index in [1.807, 2.05) is 18.2 Å². The average Bonchev–Trinajstić information content (AvgIpc) is 2.89. The first-order valence-corrected chi connectivity index (χ1v) is 7.26. The number of hydroxylamine groups is 2. The summed E-state index contributed by atoms with van der Waals surface area (Å²) in [6.07, 6.45) is -0.00393. The molecule has 3 atom stereocenters. The number of benzene rings is 1. The van der Waals surface area contributed by atoms with Crippen LogP contribution in [0.2, 0.25) is 0 Å². The lowest BCUT2D eigenvalue weighted by atomic mass is 9.82. The van der Waals surface area contributed by atoms with E-state index in [0.717, 1.165) is 10.6 Å². The van der Waals surface area contributed by atoms with Crippen LogP contribution >= 0.6 is 0 Å². The van der Waals surface area contributed by atoms with E-state index < -0.39 is 23.9 Å².